The molecule has 0 aliphatic heterocycles. The summed E-state index contributed by atoms with van der Waals surface area (Å²) in [6.45, 7) is 5.20. The van der Waals surface area contributed by atoms with Crippen LogP contribution in [0.25, 0.3) is 0 Å². The molecule has 3 N–H and O–H groups in total. The third kappa shape index (κ3) is 2.24. The summed E-state index contributed by atoms with van der Waals surface area (Å²) in [5.41, 5.74) is 5.34. The molecule has 0 unspecified atom stereocenters. The van der Waals surface area contributed by atoms with Crippen molar-refractivity contribution in [3.05, 3.63) is 15.9 Å². The Kier molecular flexibility index (Phi) is 3.62. The molecular weight excluding hydrogens is 198 g/mol. The number of anilines is 1. The van der Waals surface area contributed by atoms with Gasteiger partial charge in [0.15, 0.2) is 0 Å². The minimum absolute atomic E-state index is 0.136. The molecule has 1 aromatic rings. The quantitative estimate of drug-likeness (QED) is 0.547. The van der Waals surface area contributed by atoms with Gasteiger partial charge >= 0.3 is 5.82 Å². The number of hydrogen-bond donors (Lipinski definition) is 2. The molecule has 0 aliphatic carbocycles. The second-order valence-corrected chi connectivity index (χ2v) is 3.05. The zero-order valence-corrected chi connectivity index (χ0v) is 8.86. The number of aryl methyl sites for hydroxylation is 1. The minimum Gasteiger partial charge on any atom is -0.363 e. The summed E-state index contributed by atoms with van der Waals surface area (Å²) in [6.07, 6.45) is 0. The van der Waals surface area contributed by atoms with E-state index in [-0.39, 0.29) is 5.82 Å². The molecule has 1 aromatic heterocycles. The molecule has 0 fully saturated rings. The van der Waals surface area contributed by atoms with Crippen molar-refractivity contribution in [1.29, 1.82) is 0 Å². The van der Waals surface area contributed by atoms with Gasteiger partial charge in [-0.3, -0.25) is 4.57 Å². The Bertz CT molecular complexity index is 360. The van der Waals surface area contributed by atoms with Crippen LogP contribution in [-0.2, 0) is 6.54 Å². The Labute approximate surface area is 87.4 Å². The fourth-order valence-corrected chi connectivity index (χ4v) is 1.43. The predicted molar refractivity (Wildman–Crippen MR) is 56.8 cm³/mol. The second kappa shape index (κ2) is 4.74. The maximum atomic E-state index is 10.7. The van der Waals surface area contributed by atoms with Gasteiger partial charge in [0.1, 0.15) is 0 Å². The molecule has 0 aromatic carbocycles. The Hall–Kier alpha value is -1.63. The first kappa shape index (κ1) is 11.4. The fourth-order valence-electron chi connectivity index (χ4n) is 1.43. The molecule has 0 bridgehead atoms. The largest absolute Gasteiger partial charge is 0.406 e. The number of nitrogens with zero attached hydrogens (tertiary/aromatic N) is 3. The first-order valence-electron chi connectivity index (χ1n) is 4.77. The molecule has 15 heavy (non-hydrogen) atoms. The SMILES string of the molecule is CCn1c(C)nc([N+](=O)[O-])c1NCCN. The number of aromatic nitrogens is 2. The van der Waals surface area contributed by atoms with Gasteiger partial charge in [-0.1, -0.05) is 0 Å². The Balaban J connectivity index is 3.10. The van der Waals surface area contributed by atoms with Gasteiger partial charge in [0.25, 0.3) is 0 Å². The van der Waals surface area contributed by atoms with Gasteiger partial charge in [0.2, 0.25) is 11.6 Å². The lowest BCUT2D eigenvalue weighted by atomic mass is 10.5. The molecule has 7 heteroatoms. The molecule has 0 spiro atoms. The topological polar surface area (TPSA) is 99.0 Å². The molecule has 84 valence electrons. The summed E-state index contributed by atoms with van der Waals surface area (Å²) in [5.74, 6) is 0.928. The van der Waals surface area contributed by atoms with E-state index in [0.29, 0.717) is 31.3 Å². The van der Waals surface area contributed by atoms with E-state index < -0.39 is 4.92 Å². The maximum Gasteiger partial charge on any atom is 0.406 e. The van der Waals surface area contributed by atoms with Crippen LogP contribution < -0.4 is 11.1 Å². The molecule has 0 atom stereocenters. The Morgan fingerprint density at radius 2 is 2.33 bits per heavy atom. The standard InChI is InChI=1S/C8H15N5O2/c1-3-12-6(2)11-8(13(14)15)7(12)10-5-4-9/h10H,3-5,9H2,1-2H3. The second-order valence-electron chi connectivity index (χ2n) is 3.05. The smallest absolute Gasteiger partial charge is 0.363 e. The van der Waals surface area contributed by atoms with E-state index in [4.69, 9.17) is 5.73 Å². The molecular formula is C8H15N5O2. The van der Waals surface area contributed by atoms with Crippen LogP contribution in [0.2, 0.25) is 0 Å². The van der Waals surface area contributed by atoms with Crippen molar-refractivity contribution < 1.29 is 4.92 Å². The van der Waals surface area contributed by atoms with Gasteiger partial charge in [0.05, 0.1) is 0 Å². The number of nitro groups is 1. The molecule has 0 radical (unpaired) electrons. The zero-order valence-electron chi connectivity index (χ0n) is 8.86. The van der Waals surface area contributed by atoms with Crippen LogP contribution >= 0.6 is 0 Å². The van der Waals surface area contributed by atoms with E-state index in [2.05, 4.69) is 10.3 Å². The number of hydrogen-bond acceptors (Lipinski definition) is 5. The lowest BCUT2D eigenvalue weighted by Gasteiger charge is -2.06. The van der Waals surface area contributed by atoms with Crippen molar-refractivity contribution in [2.75, 3.05) is 18.4 Å². The maximum absolute atomic E-state index is 10.7. The number of nitrogens with two attached hydrogens (primary N) is 1. The molecule has 1 rings (SSSR count). The summed E-state index contributed by atoms with van der Waals surface area (Å²) >= 11 is 0. The Morgan fingerprint density at radius 3 is 2.80 bits per heavy atom. The highest BCUT2D eigenvalue weighted by Crippen LogP contribution is 2.24. The summed E-state index contributed by atoms with van der Waals surface area (Å²) < 4.78 is 1.76. The average molecular weight is 213 g/mol. The lowest BCUT2D eigenvalue weighted by Crippen LogP contribution is -2.16. The summed E-state index contributed by atoms with van der Waals surface area (Å²) in [6, 6.07) is 0. The summed E-state index contributed by atoms with van der Waals surface area (Å²) in [7, 11) is 0. The van der Waals surface area contributed by atoms with E-state index in [1.54, 1.807) is 11.5 Å². The van der Waals surface area contributed by atoms with Gasteiger partial charge in [-0.25, -0.2) is 0 Å². The zero-order chi connectivity index (χ0) is 11.4. The summed E-state index contributed by atoms with van der Waals surface area (Å²) in [5, 5.41) is 13.6. The highest BCUT2D eigenvalue weighted by molar-refractivity contribution is 5.53. The highest BCUT2D eigenvalue weighted by atomic mass is 16.6. The van der Waals surface area contributed by atoms with E-state index in [1.807, 2.05) is 6.92 Å². The van der Waals surface area contributed by atoms with Crippen molar-refractivity contribution in [1.82, 2.24) is 9.55 Å². The van der Waals surface area contributed by atoms with E-state index in [0.717, 1.165) is 0 Å². The van der Waals surface area contributed by atoms with E-state index in [1.165, 1.54) is 0 Å². The number of rotatable bonds is 5. The molecule has 0 amide bonds. The average Bonchev–Trinajstić information content (AvgIpc) is 2.51. The number of nitrogens with one attached hydrogen (secondary N) is 1. The van der Waals surface area contributed by atoms with Crippen LogP contribution in [-0.4, -0.2) is 27.6 Å². The van der Waals surface area contributed by atoms with Crippen molar-refractivity contribution in [2.24, 2.45) is 5.73 Å². The Morgan fingerprint density at radius 1 is 1.67 bits per heavy atom. The van der Waals surface area contributed by atoms with Crippen LogP contribution in [0.4, 0.5) is 11.6 Å². The van der Waals surface area contributed by atoms with Gasteiger partial charge < -0.3 is 21.2 Å². The predicted octanol–water partition coefficient (Wildman–Crippen LogP) is 0.490. The first-order valence-corrected chi connectivity index (χ1v) is 4.77. The van der Waals surface area contributed by atoms with Crippen molar-refractivity contribution in [2.45, 2.75) is 20.4 Å². The van der Waals surface area contributed by atoms with Crippen LogP contribution in [0.5, 0.6) is 0 Å². The third-order valence-electron chi connectivity index (χ3n) is 2.07. The van der Waals surface area contributed by atoms with Gasteiger partial charge in [-0.05, 0) is 16.8 Å². The van der Waals surface area contributed by atoms with Gasteiger partial charge in [0, 0.05) is 26.6 Å². The summed E-state index contributed by atoms with van der Waals surface area (Å²) in [4.78, 5) is 14.1. The number of imidazole rings is 1. The molecule has 7 nitrogen and oxygen atoms in total. The monoisotopic (exact) mass is 213 g/mol. The van der Waals surface area contributed by atoms with Crippen LogP contribution in [0.15, 0.2) is 0 Å². The molecule has 0 saturated heterocycles. The first-order chi connectivity index (χ1) is 7.11. The third-order valence-corrected chi connectivity index (χ3v) is 2.07. The van der Waals surface area contributed by atoms with Crippen LogP contribution in [0, 0.1) is 17.0 Å². The molecule has 0 aliphatic rings. The van der Waals surface area contributed by atoms with Crippen molar-refractivity contribution >= 4 is 11.6 Å². The molecule has 0 saturated carbocycles. The van der Waals surface area contributed by atoms with Crippen molar-refractivity contribution in [3.63, 3.8) is 0 Å². The molecule has 1 heterocycles. The van der Waals surface area contributed by atoms with Crippen molar-refractivity contribution in [3.8, 4) is 0 Å². The van der Waals surface area contributed by atoms with E-state index in [9.17, 15) is 10.1 Å². The lowest BCUT2D eigenvalue weighted by molar-refractivity contribution is -0.388. The van der Waals surface area contributed by atoms with Gasteiger partial charge in [-0.2, -0.15) is 0 Å². The normalized spacial score (nSPS) is 10.3. The van der Waals surface area contributed by atoms with E-state index >= 15 is 0 Å². The fraction of sp³-hybridized carbons (Fsp3) is 0.625. The minimum atomic E-state index is -0.488. The van der Waals surface area contributed by atoms with Crippen LogP contribution in [0.3, 0.4) is 0 Å². The van der Waals surface area contributed by atoms with Gasteiger partial charge in [-0.15, -0.1) is 0 Å². The van der Waals surface area contributed by atoms with Crippen LogP contribution in [0.1, 0.15) is 12.7 Å². The highest BCUT2D eigenvalue weighted by Gasteiger charge is 2.23.